The summed E-state index contributed by atoms with van der Waals surface area (Å²) >= 11 is 0. The van der Waals surface area contributed by atoms with Gasteiger partial charge in [-0.15, -0.1) is 0 Å². The van der Waals surface area contributed by atoms with Crippen molar-refractivity contribution >= 4 is 17.4 Å². The van der Waals surface area contributed by atoms with Crippen LogP contribution in [0.1, 0.15) is 11.4 Å². The van der Waals surface area contributed by atoms with Gasteiger partial charge in [-0.1, -0.05) is 0 Å². The highest BCUT2D eigenvalue weighted by atomic mass is 19.4. The maximum Gasteiger partial charge on any atom is 0.432 e. The van der Waals surface area contributed by atoms with Crippen LogP contribution in [0.2, 0.25) is 0 Å². The fourth-order valence-electron chi connectivity index (χ4n) is 1.98. The first-order chi connectivity index (χ1) is 10.8. The molecule has 23 heavy (non-hydrogen) atoms. The second-order valence-corrected chi connectivity index (χ2v) is 4.73. The summed E-state index contributed by atoms with van der Waals surface area (Å²) in [6, 6.07) is 3.37. The zero-order valence-electron chi connectivity index (χ0n) is 11.4. The highest BCUT2D eigenvalue weighted by molar-refractivity contribution is 5.91. The molecule has 3 rings (SSSR count). The molecular weight excluding hydrogens is 318 g/mol. The van der Waals surface area contributed by atoms with E-state index in [1.807, 2.05) is 0 Å². The molecule has 0 aliphatic rings. The van der Waals surface area contributed by atoms with Crippen LogP contribution >= 0.6 is 0 Å². The smallest absolute Gasteiger partial charge is 0.309 e. The van der Waals surface area contributed by atoms with E-state index in [9.17, 15) is 22.4 Å². The quantitative estimate of drug-likeness (QED) is 0.725. The minimum atomic E-state index is -4.57. The highest BCUT2D eigenvalue weighted by Crippen LogP contribution is 2.28. The van der Waals surface area contributed by atoms with E-state index >= 15 is 0 Å². The molecule has 0 atom stereocenters. The first-order valence-electron chi connectivity index (χ1n) is 6.37. The van der Waals surface area contributed by atoms with E-state index in [1.54, 1.807) is 5.10 Å². The van der Waals surface area contributed by atoms with Crippen LogP contribution in [0, 0.1) is 5.82 Å². The van der Waals surface area contributed by atoms with Crippen LogP contribution in [-0.2, 0) is 17.4 Å². The lowest BCUT2D eigenvalue weighted by molar-refractivity contribution is -0.141. The molecule has 0 fully saturated rings. The molecule has 120 valence electrons. The number of aromatic amines is 1. The largest absolute Gasteiger partial charge is 0.432 e. The fraction of sp³-hybridized carbons (Fsp3) is 0.154. The first-order valence-corrected chi connectivity index (χ1v) is 6.37. The van der Waals surface area contributed by atoms with E-state index in [2.05, 4.69) is 15.4 Å². The summed E-state index contributed by atoms with van der Waals surface area (Å²) in [6.07, 6.45) is -2.09. The van der Waals surface area contributed by atoms with Crippen molar-refractivity contribution in [3.05, 3.63) is 47.8 Å². The van der Waals surface area contributed by atoms with E-state index in [0.29, 0.717) is 17.4 Å². The number of carbonyl (C=O) groups is 1. The predicted octanol–water partition coefficient (Wildman–Crippen LogP) is 2.40. The predicted molar refractivity (Wildman–Crippen MR) is 71.1 cm³/mol. The Morgan fingerprint density at radius 3 is 2.78 bits per heavy atom. The van der Waals surface area contributed by atoms with Crippen LogP contribution in [0.4, 0.5) is 23.4 Å². The maximum absolute atomic E-state index is 13.1. The van der Waals surface area contributed by atoms with Gasteiger partial charge in [-0.2, -0.15) is 18.3 Å². The summed E-state index contributed by atoms with van der Waals surface area (Å²) in [4.78, 5) is 15.9. The molecule has 3 heterocycles. The Balaban J connectivity index is 1.69. The third-order valence-electron chi connectivity index (χ3n) is 2.96. The monoisotopic (exact) mass is 327 g/mol. The number of imidazole rings is 1. The Labute approximate surface area is 126 Å². The Morgan fingerprint density at radius 1 is 1.30 bits per heavy atom. The number of alkyl halides is 3. The van der Waals surface area contributed by atoms with Gasteiger partial charge >= 0.3 is 6.18 Å². The number of amides is 1. The SMILES string of the molecule is O=C(Cc1cn2cc(F)ccc2n1)Nc1cc(C(F)(F)F)[nH]n1. The number of carbonyl (C=O) groups excluding carboxylic acids is 1. The molecule has 3 aromatic rings. The van der Waals surface area contributed by atoms with Crippen LogP contribution in [0.3, 0.4) is 0 Å². The molecule has 6 nitrogen and oxygen atoms in total. The molecule has 0 radical (unpaired) electrons. The van der Waals surface area contributed by atoms with Gasteiger partial charge in [0.1, 0.15) is 17.2 Å². The lowest BCUT2D eigenvalue weighted by atomic mass is 10.3. The number of nitrogens with one attached hydrogen (secondary N) is 2. The van der Waals surface area contributed by atoms with Gasteiger partial charge in [0.25, 0.3) is 0 Å². The lowest BCUT2D eigenvalue weighted by Crippen LogP contribution is -2.14. The summed E-state index contributed by atoms with van der Waals surface area (Å²) in [5.41, 5.74) is -0.260. The highest BCUT2D eigenvalue weighted by Gasteiger charge is 2.33. The summed E-state index contributed by atoms with van der Waals surface area (Å²) in [5, 5.41) is 7.39. The van der Waals surface area contributed by atoms with Crippen molar-refractivity contribution in [1.82, 2.24) is 19.6 Å². The van der Waals surface area contributed by atoms with Gasteiger partial charge < -0.3 is 9.72 Å². The zero-order valence-corrected chi connectivity index (χ0v) is 11.4. The van der Waals surface area contributed by atoms with E-state index in [4.69, 9.17) is 0 Å². The number of hydrogen-bond acceptors (Lipinski definition) is 3. The molecule has 0 aliphatic heterocycles. The number of pyridine rings is 1. The Hall–Kier alpha value is -2.91. The lowest BCUT2D eigenvalue weighted by Gasteiger charge is -2.00. The van der Waals surface area contributed by atoms with E-state index in [1.165, 1.54) is 28.9 Å². The summed E-state index contributed by atoms with van der Waals surface area (Å²) in [7, 11) is 0. The van der Waals surface area contributed by atoms with Gasteiger partial charge in [0, 0.05) is 18.5 Å². The van der Waals surface area contributed by atoms with E-state index < -0.39 is 23.6 Å². The fourth-order valence-corrected chi connectivity index (χ4v) is 1.98. The van der Waals surface area contributed by atoms with Crippen LogP contribution < -0.4 is 5.32 Å². The van der Waals surface area contributed by atoms with Gasteiger partial charge in [-0.05, 0) is 12.1 Å². The Morgan fingerprint density at radius 2 is 2.09 bits per heavy atom. The van der Waals surface area contributed by atoms with E-state index in [0.717, 1.165) is 0 Å². The topological polar surface area (TPSA) is 75.1 Å². The number of nitrogens with zero attached hydrogens (tertiary/aromatic N) is 3. The molecule has 3 aromatic heterocycles. The van der Waals surface area contributed by atoms with Crippen molar-refractivity contribution in [1.29, 1.82) is 0 Å². The van der Waals surface area contributed by atoms with Gasteiger partial charge in [-0.25, -0.2) is 9.37 Å². The van der Waals surface area contributed by atoms with Gasteiger partial charge in [0.2, 0.25) is 5.91 Å². The Kier molecular flexibility index (Phi) is 3.51. The molecule has 0 aliphatic carbocycles. The van der Waals surface area contributed by atoms with Crippen LogP contribution in [0.5, 0.6) is 0 Å². The van der Waals surface area contributed by atoms with Crippen LogP contribution in [0.15, 0.2) is 30.6 Å². The van der Waals surface area contributed by atoms with E-state index in [-0.39, 0.29) is 12.2 Å². The molecule has 10 heteroatoms. The third kappa shape index (κ3) is 3.30. The molecule has 0 saturated carbocycles. The zero-order chi connectivity index (χ0) is 16.6. The minimum absolute atomic E-state index is 0.183. The maximum atomic E-state index is 13.1. The standard InChI is InChI=1S/C13H9F4N5O/c14-7-1-2-11-18-8(6-22(11)5-7)3-12(23)19-10-4-9(20-21-10)13(15,16)17/h1-2,4-6H,3H2,(H2,19,20,21,23). The molecule has 0 spiro atoms. The third-order valence-corrected chi connectivity index (χ3v) is 2.96. The second kappa shape index (κ2) is 5.38. The molecule has 0 unspecified atom stereocenters. The molecule has 0 bridgehead atoms. The number of H-pyrrole nitrogens is 1. The summed E-state index contributed by atoms with van der Waals surface area (Å²) < 4.78 is 51.7. The number of rotatable bonds is 3. The van der Waals surface area contributed by atoms with Crippen molar-refractivity contribution in [3.8, 4) is 0 Å². The van der Waals surface area contributed by atoms with Crippen LogP contribution in [-0.4, -0.2) is 25.5 Å². The van der Waals surface area contributed by atoms with Crippen molar-refractivity contribution in [2.45, 2.75) is 12.6 Å². The molecular formula is C13H9F4N5O. The number of aromatic nitrogens is 4. The van der Waals surface area contributed by atoms with Gasteiger partial charge in [-0.3, -0.25) is 9.89 Å². The average molecular weight is 327 g/mol. The van der Waals surface area contributed by atoms with Crippen molar-refractivity contribution in [2.75, 3.05) is 5.32 Å². The van der Waals surface area contributed by atoms with Gasteiger partial charge in [0.05, 0.1) is 12.1 Å². The molecule has 1 amide bonds. The van der Waals surface area contributed by atoms with Crippen molar-refractivity contribution in [3.63, 3.8) is 0 Å². The summed E-state index contributed by atoms with van der Waals surface area (Å²) in [5.74, 6) is -1.28. The second-order valence-electron chi connectivity index (χ2n) is 4.73. The number of anilines is 1. The number of fused-ring (bicyclic) bond motifs is 1. The van der Waals surface area contributed by atoms with Gasteiger partial charge in [0.15, 0.2) is 5.82 Å². The first kappa shape index (κ1) is 15.0. The average Bonchev–Trinajstić information content (AvgIpc) is 3.03. The van der Waals surface area contributed by atoms with Crippen molar-refractivity contribution in [2.24, 2.45) is 0 Å². The number of halogens is 4. The normalized spacial score (nSPS) is 11.8. The Bertz CT molecular complexity index is 867. The minimum Gasteiger partial charge on any atom is -0.309 e. The molecule has 0 aromatic carbocycles. The summed E-state index contributed by atoms with van der Waals surface area (Å²) in [6.45, 7) is 0. The number of hydrogen-bond donors (Lipinski definition) is 2. The molecule has 2 N–H and O–H groups in total. The van der Waals surface area contributed by atoms with Crippen molar-refractivity contribution < 1.29 is 22.4 Å². The molecule has 0 saturated heterocycles. The van der Waals surface area contributed by atoms with Crippen LogP contribution in [0.25, 0.3) is 5.65 Å².